The molecule has 0 unspecified atom stereocenters. The third-order valence-corrected chi connectivity index (χ3v) is 9.02. The van der Waals surface area contributed by atoms with Crippen molar-refractivity contribution in [2.75, 3.05) is 19.3 Å². The second-order valence-corrected chi connectivity index (χ2v) is 12.9. The predicted molar refractivity (Wildman–Crippen MR) is 158 cm³/mol. The SMILES string of the molecule is CS(=O)(=O)c1cccc(-c2ccc(C(C=C(N)CN3CCc4ccccc4C3)=Nc3ccccc3Cl)s2)c1. The highest BCUT2D eigenvalue weighted by atomic mass is 35.5. The standard InChI is InChI=1S/C30H28ClN3O2S2/c1-38(35,36)25-10-6-9-22(17-25)29-13-14-30(37-29)28(33-27-12-5-4-11-26(27)31)18-24(32)20-34-16-15-21-7-2-3-8-23(21)19-34/h2-14,17-18H,15-16,19-20,32H2,1H3. The molecule has 8 heteroatoms. The van der Waals surface area contributed by atoms with Crippen LogP contribution >= 0.6 is 22.9 Å². The van der Waals surface area contributed by atoms with Crippen LogP contribution in [0.25, 0.3) is 10.4 Å². The Hall–Kier alpha value is -3.23. The van der Waals surface area contributed by atoms with E-state index in [4.69, 9.17) is 22.3 Å². The Morgan fingerprint density at radius 1 is 1.03 bits per heavy atom. The van der Waals surface area contributed by atoms with Gasteiger partial charge in [-0.3, -0.25) is 4.90 Å². The zero-order chi connectivity index (χ0) is 26.7. The second-order valence-electron chi connectivity index (χ2n) is 9.36. The molecule has 3 aromatic carbocycles. The van der Waals surface area contributed by atoms with Crippen molar-refractivity contribution < 1.29 is 8.42 Å². The monoisotopic (exact) mass is 561 g/mol. The van der Waals surface area contributed by atoms with Gasteiger partial charge in [0.25, 0.3) is 0 Å². The maximum Gasteiger partial charge on any atom is 0.175 e. The Kier molecular flexibility index (Phi) is 7.81. The number of halogens is 1. The molecule has 0 saturated carbocycles. The van der Waals surface area contributed by atoms with Crippen molar-refractivity contribution in [3.05, 3.63) is 118 Å². The van der Waals surface area contributed by atoms with Gasteiger partial charge in [-0.2, -0.15) is 0 Å². The van der Waals surface area contributed by atoms with Gasteiger partial charge >= 0.3 is 0 Å². The van der Waals surface area contributed by atoms with Gasteiger partial charge in [0.1, 0.15) is 0 Å². The molecular weight excluding hydrogens is 534 g/mol. The summed E-state index contributed by atoms with van der Waals surface area (Å²) in [5, 5.41) is 0.558. The number of benzene rings is 3. The first-order valence-electron chi connectivity index (χ1n) is 12.3. The lowest BCUT2D eigenvalue weighted by atomic mass is 10.00. The minimum absolute atomic E-state index is 0.294. The van der Waals surface area contributed by atoms with E-state index in [1.807, 2.05) is 48.5 Å². The number of sulfone groups is 1. The lowest BCUT2D eigenvalue weighted by Gasteiger charge is -2.28. The first-order chi connectivity index (χ1) is 18.3. The molecule has 5 nitrogen and oxygen atoms in total. The van der Waals surface area contributed by atoms with E-state index < -0.39 is 9.84 Å². The van der Waals surface area contributed by atoms with Crippen LogP contribution in [0.1, 0.15) is 16.0 Å². The summed E-state index contributed by atoms with van der Waals surface area (Å²) in [6.07, 6.45) is 4.14. The van der Waals surface area contributed by atoms with Crippen LogP contribution in [-0.2, 0) is 22.8 Å². The maximum atomic E-state index is 12.1. The fraction of sp³-hybridized carbons (Fsp3) is 0.167. The number of allylic oxidation sites excluding steroid dienone is 1. The summed E-state index contributed by atoms with van der Waals surface area (Å²) < 4.78 is 24.1. The van der Waals surface area contributed by atoms with Gasteiger partial charge in [0.05, 0.1) is 26.2 Å². The zero-order valence-corrected chi connectivity index (χ0v) is 23.4. The fourth-order valence-corrected chi connectivity index (χ4v) is 6.32. The van der Waals surface area contributed by atoms with Gasteiger partial charge in [0.15, 0.2) is 9.84 Å². The van der Waals surface area contributed by atoms with E-state index in [0.29, 0.717) is 33.6 Å². The molecule has 0 spiro atoms. The molecule has 1 aliphatic rings. The molecule has 0 fully saturated rings. The molecule has 0 bridgehead atoms. The molecule has 1 aromatic heterocycles. The average molecular weight is 562 g/mol. The number of rotatable bonds is 7. The van der Waals surface area contributed by atoms with Crippen LogP contribution < -0.4 is 5.73 Å². The predicted octanol–water partition coefficient (Wildman–Crippen LogP) is 6.49. The number of thiophene rings is 1. The minimum Gasteiger partial charge on any atom is -0.401 e. The number of nitrogens with zero attached hydrogens (tertiary/aromatic N) is 2. The van der Waals surface area contributed by atoms with Crippen LogP contribution in [0, 0.1) is 0 Å². The van der Waals surface area contributed by atoms with E-state index in [1.54, 1.807) is 18.2 Å². The molecule has 194 valence electrons. The summed E-state index contributed by atoms with van der Waals surface area (Å²) in [6, 6.07) is 27.0. The molecule has 0 saturated heterocycles. The van der Waals surface area contributed by atoms with E-state index >= 15 is 0 Å². The van der Waals surface area contributed by atoms with Crippen LogP contribution in [-0.4, -0.2) is 38.4 Å². The zero-order valence-electron chi connectivity index (χ0n) is 21.0. The molecule has 2 heterocycles. The van der Waals surface area contributed by atoms with Gasteiger partial charge in [0, 0.05) is 36.5 Å². The number of fused-ring (bicyclic) bond motifs is 1. The molecule has 0 atom stereocenters. The van der Waals surface area contributed by atoms with E-state index in [-0.39, 0.29) is 0 Å². The Balaban J connectivity index is 1.46. The summed E-state index contributed by atoms with van der Waals surface area (Å²) in [7, 11) is -3.30. The maximum absolute atomic E-state index is 12.1. The van der Waals surface area contributed by atoms with Gasteiger partial charge in [-0.05, 0) is 65.6 Å². The third-order valence-electron chi connectivity index (χ3n) is 6.44. The van der Waals surface area contributed by atoms with Crippen molar-refractivity contribution in [2.45, 2.75) is 17.9 Å². The van der Waals surface area contributed by atoms with E-state index in [0.717, 1.165) is 34.8 Å². The van der Waals surface area contributed by atoms with Gasteiger partial charge in [-0.25, -0.2) is 13.4 Å². The molecule has 5 rings (SSSR count). The summed E-state index contributed by atoms with van der Waals surface area (Å²) in [6.45, 7) is 2.44. The smallest absolute Gasteiger partial charge is 0.175 e. The van der Waals surface area contributed by atoms with E-state index in [9.17, 15) is 8.42 Å². The quantitative estimate of drug-likeness (QED) is 0.262. The Bertz CT molecular complexity index is 1640. The highest BCUT2D eigenvalue weighted by Gasteiger charge is 2.17. The number of hydrogen-bond acceptors (Lipinski definition) is 6. The summed E-state index contributed by atoms with van der Waals surface area (Å²) in [4.78, 5) is 9.38. The van der Waals surface area contributed by atoms with Crippen molar-refractivity contribution in [3.63, 3.8) is 0 Å². The lowest BCUT2D eigenvalue weighted by Crippen LogP contribution is -2.33. The van der Waals surface area contributed by atoms with Crippen LogP contribution in [0.2, 0.25) is 5.02 Å². The Morgan fingerprint density at radius 3 is 2.58 bits per heavy atom. The van der Waals surface area contributed by atoms with Crippen molar-refractivity contribution in [1.29, 1.82) is 0 Å². The van der Waals surface area contributed by atoms with Crippen molar-refractivity contribution in [2.24, 2.45) is 10.7 Å². The number of aliphatic imine (C=N–C) groups is 1. The molecule has 0 amide bonds. The van der Waals surface area contributed by atoms with Crippen LogP contribution in [0.4, 0.5) is 5.69 Å². The third kappa shape index (κ3) is 6.25. The molecule has 4 aromatic rings. The molecule has 2 N–H and O–H groups in total. The molecule has 1 aliphatic heterocycles. The largest absolute Gasteiger partial charge is 0.401 e. The Morgan fingerprint density at radius 2 is 1.79 bits per heavy atom. The molecule has 38 heavy (non-hydrogen) atoms. The topological polar surface area (TPSA) is 75.8 Å². The molecular formula is C30H28ClN3O2S2. The van der Waals surface area contributed by atoms with Gasteiger partial charge in [-0.1, -0.05) is 60.1 Å². The van der Waals surface area contributed by atoms with Gasteiger partial charge in [0.2, 0.25) is 0 Å². The number of hydrogen-bond donors (Lipinski definition) is 1. The van der Waals surface area contributed by atoms with Gasteiger partial charge < -0.3 is 5.73 Å². The number of nitrogens with two attached hydrogens (primary N) is 1. The van der Waals surface area contributed by atoms with Crippen molar-refractivity contribution in [1.82, 2.24) is 4.90 Å². The first kappa shape index (κ1) is 26.4. The molecule has 0 aliphatic carbocycles. The van der Waals surface area contributed by atoms with Crippen LogP contribution in [0.5, 0.6) is 0 Å². The van der Waals surface area contributed by atoms with E-state index in [1.165, 1.54) is 28.7 Å². The highest BCUT2D eigenvalue weighted by Crippen LogP contribution is 2.32. The van der Waals surface area contributed by atoms with Crippen LogP contribution in [0.3, 0.4) is 0 Å². The summed E-state index contributed by atoms with van der Waals surface area (Å²) in [5.74, 6) is 0. The van der Waals surface area contributed by atoms with Crippen molar-refractivity contribution >= 4 is 44.2 Å². The summed E-state index contributed by atoms with van der Waals surface area (Å²) >= 11 is 7.97. The van der Waals surface area contributed by atoms with Crippen molar-refractivity contribution in [3.8, 4) is 10.4 Å². The van der Waals surface area contributed by atoms with Crippen LogP contribution in [0.15, 0.2) is 107 Å². The summed E-state index contributed by atoms with van der Waals surface area (Å²) in [5.41, 5.74) is 12.3. The number of para-hydroxylation sites is 1. The normalized spacial score (nSPS) is 14.9. The minimum atomic E-state index is -3.30. The van der Waals surface area contributed by atoms with Gasteiger partial charge in [-0.15, -0.1) is 11.3 Å². The molecule has 0 radical (unpaired) electrons. The average Bonchev–Trinajstić information content (AvgIpc) is 3.39. The first-order valence-corrected chi connectivity index (χ1v) is 15.3. The second kappa shape index (κ2) is 11.3. The Labute approximate surface area is 232 Å². The van der Waals surface area contributed by atoms with E-state index in [2.05, 4.69) is 29.2 Å². The highest BCUT2D eigenvalue weighted by molar-refractivity contribution is 7.90. The fourth-order valence-electron chi connectivity index (χ4n) is 4.51. The lowest BCUT2D eigenvalue weighted by molar-refractivity contribution is 0.275.